The highest BCUT2D eigenvalue weighted by atomic mass is 16.3. The van der Waals surface area contributed by atoms with Crippen LogP contribution in [-0.2, 0) is 0 Å². The lowest BCUT2D eigenvalue weighted by Crippen LogP contribution is -2.41. The molecule has 0 radical (unpaired) electrons. The molecule has 0 bridgehead atoms. The third kappa shape index (κ3) is 6.78. The summed E-state index contributed by atoms with van der Waals surface area (Å²) in [5, 5.41) is 12.9. The van der Waals surface area contributed by atoms with E-state index in [4.69, 9.17) is 4.99 Å². The van der Waals surface area contributed by atoms with E-state index in [-0.39, 0.29) is 12.0 Å². The van der Waals surface area contributed by atoms with E-state index in [2.05, 4.69) is 49.7 Å². The fourth-order valence-electron chi connectivity index (χ4n) is 3.83. The molecule has 0 aromatic heterocycles. The molecule has 1 atom stereocenters. The minimum atomic E-state index is 0.135. The molecule has 1 aliphatic heterocycles. The lowest BCUT2D eigenvalue weighted by molar-refractivity contribution is 0.175. The van der Waals surface area contributed by atoms with E-state index in [1.165, 1.54) is 13.0 Å². The Hall–Kier alpha value is -0.810. The zero-order valence-electron chi connectivity index (χ0n) is 17.4. The lowest BCUT2D eigenvalue weighted by Gasteiger charge is -2.30. The SMILES string of the molecule is CCNC(=NCC(CC)(CC)CCO)N1CCC(CN(CC)CC)C1. The van der Waals surface area contributed by atoms with Crippen molar-refractivity contribution in [2.75, 3.05) is 52.4 Å². The summed E-state index contributed by atoms with van der Waals surface area (Å²) in [7, 11) is 0. The maximum Gasteiger partial charge on any atom is 0.193 e. The molecule has 25 heavy (non-hydrogen) atoms. The zero-order valence-corrected chi connectivity index (χ0v) is 17.4. The highest BCUT2D eigenvalue weighted by molar-refractivity contribution is 5.80. The summed E-state index contributed by atoms with van der Waals surface area (Å²) in [6, 6.07) is 0. The fraction of sp³-hybridized carbons (Fsp3) is 0.950. The van der Waals surface area contributed by atoms with Crippen LogP contribution in [0.3, 0.4) is 0 Å². The number of hydrogen-bond donors (Lipinski definition) is 2. The van der Waals surface area contributed by atoms with Gasteiger partial charge in [0.25, 0.3) is 0 Å². The van der Waals surface area contributed by atoms with E-state index in [1.807, 2.05) is 0 Å². The van der Waals surface area contributed by atoms with Gasteiger partial charge in [0.15, 0.2) is 5.96 Å². The first kappa shape index (κ1) is 22.2. The average molecular weight is 355 g/mol. The summed E-state index contributed by atoms with van der Waals surface area (Å²) < 4.78 is 0. The Morgan fingerprint density at radius 1 is 1.20 bits per heavy atom. The standard InChI is InChI=1S/C20H42N4O/c1-6-20(7-2,12-14-25)17-22-19(21-8-3)24-13-11-18(16-24)15-23(9-4)10-5/h18,25H,6-17H2,1-5H3,(H,21,22). The number of guanidine groups is 1. The van der Waals surface area contributed by atoms with Gasteiger partial charge < -0.3 is 20.2 Å². The van der Waals surface area contributed by atoms with Crippen molar-refractivity contribution in [1.29, 1.82) is 0 Å². The Bertz CT molecular complexity index is 378. The topological polar surface area (TPSA) is 51.1 Å². The van der Waals surface area contributed by atoms with Crippen LogP contribution in [0.1, 0.15) is 60.3 Å². The van der Waals surface area contributed by atoms with Crippen molar-refractivity contribution in [3.8, 4) is 0 Å². The molecule has 0 spiro atoms. The maximum absolute atomic E-state index is 9.43. The first-order chi connectivity index (χ1) is 12.1. The first-order valence-corrected chi connectivity index (χ1v) is 10.4. The number of nitrogens with one attached hydrogen (secondary N) is 1. The lowest BCUT2D eigenvalue weighted by atomic mass is 9.79. The Morgan fingerprint density at radius 2 is 1.88 bits per heavy atom. The molecule has 148 valence electrons. The quantitative estimate of drug-likeness (QED) is 0.442. The van der Waals surface area contributed by atoms with E-state index >= 15 is 0 Å². The van der Waals surface area contributed by atoms with Crippen molar-refractivity contribution in [2.24, 2.45) is 16.3 Å². The summed E-state index contributed by atoms with van der Waals surface area (Å²) in [6.45, 7) is 18.7. The van der Waals surface area contributed by atoms with Gasteiger partial charge in [0.2, 0.25) is 0 Å². The van der Waals surface area contributed by atoms with Crippen molar-refractivity contribution in [3.63, 3.8) is 0 Å². The molecular weight excluding hydrogens is 312 g/mol. The molecule has 1 heterocycles. The van der Waals surface area contributed by atoms with Gasteiger partial charge in [-0.05, 0) is 57.0 Å². The van der Waals surface area contributed by atoms with E-state index in [0.29, 0.717) is 0 Å². The van der Waals surface area contributed by atoms with Crippen LogP contribution >= 0.6 is 0 Å². The van der Waals surface area contributed by atoms with E-state index < -0.39 is 0 Å². The molecular formula is C20H42N4O. The van der Waals surface area contributed by atoms with Gasteiger partial charge in [0, 0.05) is 39.3 Å². The van der Waals surface area contributed by atoms with Crippen molar-refractivity contribution < 1.29 is 5.11 Å². The molecule has 1 rings (SSSR count). The van der Waals surface area contributed by atoms with E-state index in [9.17, 15) is 5.11 Å². The summed E-state index contributed by atoms with van der Waals surface area (Å²) >= 11 is 0. The van der Waals surface area contributed by atoms with Gasteiger partial charge >= 0.3 is 0 Å². The minimum Gasteiger partial charge on any atom is -0.396 e. The van der Waals surface area contributed by atoms with Crippen LogP contribution in [0.2, 0.25) is 0 Å². The normalized spacial score (nSPS) is 19.1. The fourth-order valence-corrected chi connectivity index (χ4v) is 3.83. The van der Waals surface area contributed by atoms with Crippen LogP contribution in [0.5, 0.6) is 0 Å². The largest absolute Gasteiger partial charge is 0.396 e. The highest BCUT2D eigenvalue weighted by Gasteiger charge is 2.28. The van der Waals surface area contributed by atoms with Crippen molar-refractivity contribution in [1.82, 2.24) is 15.1 Å². The van der Waals surface area contributed by atoms with Crippen molar-refractivity contribution >= 4 is 5.96 Å². The number of aliphatic hydroxyl groups is 1. The molecule has 0 aromatic rings. The summed E-state index contributed by atoms with van der Waals surface area (Å²) in [5.74, 6) is 1.80. The third-order valence-electron chi connectivity index (χ3n) is 6.04. The number of likely N-dealkylation sites (tertiary alicyclic amines) is 1. The number of rotatable bonds is 11. The molecule has 1 fully saturated rings. The number of aliphatic imine (C=N–C) groups is 1. The molecule has 5 heteroatoms. The number of hydrogen-bond acceptors (Lipinski definition) is 3. The number of aliphatic hydroxyl groups excluding tert-OH is 1. The second-order valence-electron chi connectivity index (χ2n) is 7.44. The molecule has 0 aliphatic carbocycles. The zero-order chi connectivity index (χ0) is 18.7. The molecule has 1 aliphatic rings. The van der Waals surface area contributed by atoms with Gasteiger partial charge in [-0.2, -0.15) is 0 Å². The predicted molar refractivity (Wildman–Crippen MR) is 108 cm³/mol. The van der Waals surface area contributed by atoms with Crippen molar-refractivity contribution in [2.45, 2.75) is 60.3 Å². The Kier molecular flexibility index (Phi) is 10.4. The van der Waals surface area contributed by atoms with Gasteiger partial charge in [0.05, 0.1) is 0 Å². The van der Waals surface area contributed by atoms with Gasteiger partial charge in [-0.15, -0.1) is 0 Å². The number of nitrogens with zero attached hydrogens (tertiary/aromatic N) is 3. The minimum absolute atomic E-state index is 0.135. The van der Waals surface area contributed by atoms with Crippen LogP contribution in [-0.4, -0.2) is 73.3 Å². The summed E-state index contributed by atoms with van der Waals surface area (Å²) in [5.41, 5.74) is 0.135. The van der Waals surface area contributed by atoms with Crippen LogP contribution in [0.4, 0.5) is 0 Å². The van der Waals surface area contributed by atoms with Crippen LogP contribution in [0.25, 0.3) is 0 Å². The summed E-state index contributed by atoms with van der Waals surface area (Å²) in [6.07, 6.45) is 4.23. The molecule has 0 amide bonds. The van der Waals surface area contributed by atoms with Crippen molar-refractivity contribution in [3.05, 3.63) is 0 Å². The second-order valence-corrected chi connectivity index (χ2v) is 7.44. The Balaban J connectivity index is 2.72. The molecule has 1 unspecified atom stereocenters. The second kappa shape index (κ2) is 11.7. The molecule has 1 saturated heterocycles. The van der Waals surface area contributed by atoms with E-state index in [0.717, 1.165) is 70.4 Å². The Labute approximate surface area is 155 Å². The van der Waals surface area contributed by atoms with Gasteiger partial charge in [-0.25, -0.2) is 0 Å². The first-order valence-electron chi connectivity index (χ1n) is 10.4. The highest BCUT2D eigenvalue weighted by Crippen LogP contribution is 2.31. The van der Waals surface area contributed by atoms with Gasteiger partial charge in [-0.1, -0.05) is 27.7 Å². The predicted octanol–water partition coefficient (Wildman–Crippen LogP) is 2.80. The maximum atomic E-state index is 9.43. The Morgan fingerprint density at radius 3 is 2.40 bits per heavy atom. The van der Waals surface area contributed by atoms with Gasteiger partial charge in [0.1, 0.15) is 0 Å². The van der Waals surface area contributed by atoms with Gasteiger partial charge in [-0.3, -0.25) is 4.99 Å². The van der Waals surface area contributed by atoms with E-state index in [1.54, 1.807) is 0 Å². The molecule has 2 N–H and O–H groups in total. The monoisotopic (exact) mass is 354 g/mol. The average Bonchev–Trinajstić information content (AvgIpc) is 3.10. The summed E-state index contributed by atoms with van der Waals surface area (Å²) in [4.78, 5) is 9.95. The van der Waals surface area contributed by atoms with Crippen LogP contribution in [0, 0.1) is 11.3 Å². The van der Waals surface area contributed by atoms with Crippen LogP contribution < -0.4 is 5.32 Å². The molecule has 5 nitrogen and oxygen atoms in total. The van der Waals surface area contributed by atoms with Crippen LogP contribution in [0.15, 0.2) is 4.99 Å². The smallest absolute Gasteiger partial charge is 0.193 e. The third-order valence-corrected chi connectivity index (χ3v) is 6.04. The molecule has 0 saturated carbocycles. The molecule has 0 aromatic carbocycles.